The normalized spacial score (nSPS) is 10.4. The van der Waals surface area contributed by atoms with Crippen molar-refractivity contribution in [3.63, 3.8) is 0 Å². The molecule has 6 heteroatoms. The maximum Gasteiger partial charge on any atom is 0.233 e. The molecule has 0 aliphatic rings. The average molecular weight is 402 g/mol. The van der Waals surface area contributed by atoms with Gasteiger partial charge in [-0.05, 0) is 62.5 Å². The molecule has 0 radical (unpaired) electrons. The molecule has 0 saturated carbocycles. The van der Waals surface area contributed by atoms with E-state index in [9.17, 15) is 0 Å². The van der Waals surface area contributed by atoms with Crippen molar-refractivity contribution in [2.24, 2.45) is 5.73 Å². The molecular weight excluding hydrogens is 388 g/mol. The predicted octanol–water partition coefficient (Wildman–Crippen LogP) is 4.26. The number of benzene rings is 1. The Bertz CT molecular complexity index is 606. The van der Waals surface area contributed by atoms with E-state index in [1.54, 1.807) is 6.20 Å². The van der Waals surface area contributed by atoms with Gasteiger partial charge in [0, 0.05) is 17.2 Å². The summed E-state index contributed by atoms with van der Waals surface area (Å²) in [6, 6.07) is 7.50. The van der Waals surface area contributed by atoms with Gasteiger partial charge in [-0.3, -0.25) is 0 Å². The summed E-state index contributed by atoms with van der Waals surface area (Å²) < 4.78 is 13.0. The molecule has 0 spiro atoms. The minimum absolute atomic E-state index is 0.459. The van der Waals surface area contributed by atoms with Crippen LogP contribution in [-0.4, -0.2) is 11.6 Å². The van der Waals surface area contributed by atoms with Crippen molar-refractivity contribution in [1.29, 1.82) is 0 Å². The Kier molecular flexibility index (Phi) is 5.39. The maximum atomic E-state index is 5.80. The van der Waals surface area contributed by atoms with E-state index in [4.69, 9.17) is 15.2 Å². The third-order valence-corrected chi connectivity index (χ3v) is 3.53. The molecule has 0 bridgehead atoms. The van der Waals surface area contributed by atoms with Crippen LogP contribution >= 0.6 is 31.9 Å². The SMILES string of the molecule is CCOc1cc(CN)ccc1Oc1ncc(Br)cc1Br. The van der Waals surface area contributed by atoms with Gasteiger partial charge < -0.3 is 15.2 Å². The number of nitrogens with zero attached hydrogens (tertiary/aromatic N) is 1. The van der Waals surface area contributed by atoms with Crippen molar-refractivity contribution in [2.75, 3.05) is 6.61 Å². The molecule has 4 nitrogen and oxygen atoms in total. The summed E-state index contributed by atoms with van der Waals surface area (Å²) in [5.74, 6) is 1.75. The number of ether oxygens (including phenoxy) is 2. The average Bonchev–Trinajstić information content (AvgIpc) is 2.43. The summed E-state index contributed by atoms with van der Waals surface area (Å²) in [6.07, 6.45) is 1.68. The van der Waals surface area contributed by atoms with Crippen LogP contribution in [0.15, 0.2) is 39.4 Å². The molecule has 2 N–H and O–H groups in total. The molecule has 0 aliphatic carbocycles. The maximum absolute atomic E-state index is 5.80. The molecule has 1 heterocycles. The number of aromatic nitrogens is 1. The molecule has 0 saturated heterocycles. The Balaban J connectivity index is 2.32. The smallest absolute Gasteiger partial charge is 0.233 e. The summed E-state index contributed by atoms with van der Waals surface area (Å²) in [7, 11) is 0. The second-order valence-corrected chi connectivity index (χ2v) is 5.73. The minimum Gasteiger partial charge on any atom is -0.490 e. The fraction of sp³-hybridized carbons (Fsp3) is 0.214. The van der Waals surface area contributed by atoms with E-state index >= 15 is 0 Å². The predicted molar refractivity (Wildman–Crippen MR) is 85.2 cm³/mol. The van der Waals surface area contributed by atoms with E-state index in [1.807, 2.05) is 31.2 Å². The van der Waals surface area contributed by atoms with Gasteiger partial charge in [0.2, 0.25) is 5.88 Å². The molecule has 0 amide bonds. The molecule has 0 atom stereocenters. The molecule has 106 valence electrons. The molecule has 2 rings (SSSR count). The first-order valence-corrected chi connectivity index (χ1v) is 7.67. The van der Waals surface area contributed by atoms with E-state index in [0.717, 1.165) is 14.5 Å². The molecular formula is C14H14Br2N2O2. The standard InChI is InChI=1S/C14H14Br2N2O2/c1-2-19-13-5-9(7-17)3-4-12(13)20-14-11(16)6-10(15)8-18-14/h3-6,8H,2,7,17H2,1H3. The van der Waals surface area contributed by atoms with Gasteiger partial charge in [0.1, 0.15) is 0 Å². The lowest BCUT2D eigenvalue weighted by atomic mass is 10.2. The number of pyridine rings is 1. The van der Waals surface area contributed by atoms with Gasteiger partial charge in [-0.15, -0.1) is 0 Å². The van der Waals surface area contributed by atoms with Crippen LogP contribution in [0.2, 0.25) is 0 Å². The zero-order valence-electron chi connectivity index (χ0n) is 10.9. The highest BCUT2D eigenvalue weighted by atomic mass is 79.9. The van der Waals surface area contributed by atoms with Crippen LogP contribution in [0.1, 0.15) is 12.5 Å². The molecule has 0 aliphatic heterocycles. The van der Waals surface area contributed by atoms with Gasteiger partial charge in [0.05, 0.1) is 11.1 Å². The number of hydrogen-bond acceptors (Lipinski definition) is 4. The Morgan fingerprint density at radius 2 is 2.00 bits per heavy atom. The highest BCUT2D eigenvalue weighted by Gasteiger charge is 2.10. The molecule has 2 aromatic rings. The van der Waals surface area contributed by atoms with Gasteiger partial charge in [-0.1, -0.05) is 6.07 Å². The third-order valence-electron chi connectivity index (χ3n) is 2.52. The van der Waals surface area contributed by atoms with E-state index < -0.39 is 0 Å². The van der Waals surface area contributed by atoms with Crippen LogP contribution in [0.5, 0.6) is 17.4 Å². The Hall–Kier alpha value is -1.11. The highest BCUT2D eigenvalue weighted by Crippen LogP contribution is 2.35. The van der Waals surface area contributed by atoms with Gasteiger partial charge in [-0.2, -0.15) is 0 Å². The molecule has 1 aromatic carbocycles. The fourth-order valence-corrected chi connectivity index (χ4v) is 2.68. The van der Waals surface area contributed by atoms with Crippen molar-refractivity contribution >= 4 is 31.9 Å². The van der Waals surface area contributed by atoms with Gasteiger partial charge in [0.25, 0.3) is 0 Å². The quantitative estimate of drug-likeness (QED) is 0.813. The van der Waals surface area contributed by atoms with Crippen molar-refractivity contribution in [3.8, 4) is 17.4 Å². The number of rotatable bonds is 5. The second-order valence-electron chi connectivity index (χ2n) is 3.96. The van der Waals surface area contributed by atoms with Gasteiger partial charge in [-0.25, -0.2) is 4.98 Å². The van der Waals surface area contributed by atoms with Crippen LogP contribution in [0.25, 0.3) is 0 Å². The van der Waals surface area contributed by atoms with Gasteiger partial charge in [0.15, 0.2) is 11.5 Å². The lowest BCUT2D eigenvalue weighted by Gasteiger charge is -2.13. The number of halogens is 2. The summed E-state index contributed by atoms with van der Waals surface area (Å²) in [5.41, 5.74) is 6.63. The van der Waals surface area contributed by atoms with Crippen molar-refractivity contribution in [2.45, 2.75) is 13.5 Å². The van der Waals surface area contributed by atoms with Crippen LogP contribution < -0.4 is 15.2 Å². The van der Waals surface area contributed by atoms with Crippen molar-refractivity contribution in [1.82, 2.24) is 4.98 Å². The monoisotopic (exact) mass is 400 g/mol. The summed E-state index contributed by atoms with van der Waals surface area (Å²) >= 11 is 6.77. The van der Waals surface area contributed by atoms with E-state index in [-0.39, 0.29) is 0 Å². The zero-order valence-corrected chi connectivity index (χ0v) is 14.1. The molecule has 0 unspecified atom stereocenters. The first-order chi connectivity index (χ1) is 9.63. The highest BCUT2D eigenvalue weighted by molar-refractivity contribution is 9.11. The van der Waals surface area contributed by atoms with Crippen LogP contribution in [0.3, 0.4) is 0 Å². The first kappa shape index (κ1) is 15.3. The van der Waals surface area contributed by atoms with Crippen LogP contribution in [-0.2, 0) is 6.54 Å². The molecule has 1 aromatic heterocycles. The minimum atomic E-state index is 0.459. The lowest BCUT2D eigenvalue weighted by molar-refractivity contribution is 0.319. The Morgan fingerprint density at radius 1 is 1.20 bits per heavy atom. The van der Waals surface area contributed by atoms with E-state index in [1.165, 1.54) is 0 Å². The Morgan fingerprint density at radius 3 is 2.65 bits per heavy atom. The zero-order chi connectivity index (χ0) is 14.5. The van der Waals surface area contributed by atoms with Gasteiger partial charge >= 0.3 is 0 Å². The first-order valence-electron chi connectivity index (χ1n) is 6.08. The van der Waals surface area contributed by atoms with Crippen LogP contribution in [0.4, 0.5) is 0 Å². The number of hydrogen-bond donors (Lipinski definition) is 1. The summed E-state index contributed by atoms with van der Waals surface area (Å²) in [5, 5.41) is 0. The molecule has 20 heavy (non-hydrogen) atoms. The topological polar surface area (TPSA) is 57.4 Å². The summed E-state index contributed by atoms with van der Waals surface area (Å²) in [4.78, 5) is 4.22. The largest absolute Gasteiger partial charge is 0.490 e. The van der Waals surface area contributed by atoms with E-state index in [0.29, 0.717) is 30.5 Å². The Labute approximate surface area is 134 Å². The lowest BCUT2D eigenvalue weighted by Crippen LogP contribution is -2.00. The third kappa shape index (κ3) is 3.71. The van der Waals surface area contributed by atoms with E-state index in [2.05, 4.69) is 36.8 Å². The molecule has 0 fully saturated rings. The van der Waals surface area contributed by atoms with Crippen LogP contribution in [0, 0.1) is 0 Å². The van der Waals surface area contributed by atoms with Crippen molar-refractivity contribution in [3.05, 3.63) is 45.0 Å². The second kappa shape index (κ2) is 7.06. The van der Waals surface area contributed by atoms with Crippen molar-refractivity contribution < 1.29 is 9.47 Å². The fourth-order valence-electron chi connectivity index (χ4n) is 1.61. The summed E-state index contributed by atoms with van der Waals surface area (Å²) in [6.45, 7) is 2.94. The number of nitrogens with two attached hydrogens (primary N) is 1.